The van der Waals surface area contributed by atoms with E-state index in [2.05, 4.69) is 61.5 Å². The van der Waals surface area contributed by atoms with Gasteiger partial charge < -0.3 is 19.8 Å². The highest BCUT2D eigenvalue weighted by Gasteiger charge is 2.15. The summed E-state index contributed by atoms with van der Waals surface area (Å²) in [6.07, 6.45) is 2.51. The van der Waals surface area contributed by atoms with Crippen molar-refractivity contribution in [3.05, 3.63) is 53.5 Å². The molecule has 0 saturated carbocycles. The standard InChI is InChI=1S/C20H29N3O2/c1-15-8-9-16(18(13-15)25-20(2,3)4)14-23-19(21-5)22-11-10-17-7-6-12-24-17/h6-9,12-13H,10-11,14H2,1-5H3,(H2,21,22,23). The van der Waals surface area contributed by atoms with E-state index in [1.54, 1.807) is 13.3 Å². The van der Waals surface area contributed by atoms with Crippen LogP contribution in [0, 0.1) is 6.92 Å². The highest BCUT2D eigenvalue weighted by molar-refractivity contribution is 5.79. The molecule has 1 aromatic heterocycles. The number of guanidine groups is 1. The second-order valence-corrected chi connectivity index (χ2v) is 7.01. The van der Waals surface area contributed by atoms with Gasteiger partial charge in [0.2, 0.25) is 0 Å². The molecule has 0 bridgehead atoms. The first kappa shape index (κ1) is 18.9. The van der Waals surface area contributed by atoms with Gasteiger partial charge in [0.1, 0.15) is 17.1 Å². The van der Waals surface area contributed by atoms with E-state index in [-0.39, 0.29) is 5.60 Å². The van der Waals surface area contributed by atoms with Gasteiger partial charge in [-0.3, -0.25) is 4.99 Å². The number of nitrogens with one attached hydrogen (secondary N) is 2. The number of aliphatic imine (C=N–C) groups is 1. The maximum absolute atomic E-state index is 6.10. The lowest BCUT2D eigenvalue weighted by Crippen LogP contribution is -2.38. The molecule has 5 heteroatoms. The summed E-state index contributed by atoms with van der Waals surface area (Å²) in [6.45, 7) is 9.64. The van der Waals surface area contributed by atoms with Crippen molar-refractivity contribution in [2.24, 2.45) is 4.99 Å². The topological polar surface area (TPSA) is 58.8 Å². The Morgan fingerprint density at radius 2 is 2.00 bits per heavy atom. The van der Waals surface area contributed by atoms with Crippen LogP contribution in [0.2, 0.25) is 0 Å². The Balaban J connectivity index is 1.92. The maximum atomic E-state index is 6.10. The molecular formula is C20H29N3O2. The van der Waals surface area contributed by atoms with Crippen LogP contribution >= 0.6 is 0 Å². The number of aryl methyl sites for hydroxylation is 1. The average molecular weight is 343 g/mol. The van der Waals surface area contributed by atoms with Gasteiger partial charge in [0.05, 0.1) is 6.26 Å². The molecule has 0 radical (unpaired) electrons. The zero-order valence-corrected chi connectivity index (χ0v) is 15.8. The average Bonchev–Trinajstić information content (AvgIpc) is 3.04. The smallest absolute Gasteiger partial charge is 0.191 e. The largest absolute Gasteiger partial charge is 0.488 e. The Kier molecular flexibility index (Phi) is 6.51. The number of nitrogens with zero attached hydrogens (tertiary/aromatic N) is 1. The van der Waals surface area contributed by atoms with Crippen LogP contribution in [0.25, 0.3) is 0 Å². The Labute approximate surface area is 150 Å². The number of rotatable bonds is 6. The fraction of sp³-hybridized carbons (Fsp3) is 0.450. The maximum Gasteiger partial charge on any atom is 0.191 e. The van der Waals surface area contributed by atoms with Crippen molar-refractivity contribution in [1.29, 1.82) is 0 Å². The van der Waals surface area contributed by atoms with E-state index < -0.39 is 0 Å². The third-order valence-corrected chi connectivity index (χ3v) is 3.55. The molecule has 0 amide bonds. The van der Waals surface area contributed by atoms with Crippen LogP contribution < -0.4 is 15.4 Å². The molecule has 0 unspecified atom stereocenters. The van der Waals surface area contributed by atoms with Crippen LogP contribution in [0.5, 0.6) is 5.75 Å². The van der Waals surface area contributed by atoms with Crippen LogP contribution in [0.1, 0.15) is 37.7 Å². The quantitative estimate of drug-likeness (QED) is 0.621. The lowest BCUT2D eigenvalue weighted by Gasteiger charge is -2.24. The molecular weight excluding hydrogens is 314 g/mol. The molecule has 0 atom stereocenters. The van der Waals surface area contributed by atoms with Gasteiger partial charge in [-0.25, -0.2) is 0 Å². The summed E-state index contributed by atoms with van der Waals surface area (Å²) in [5.41, 5.74) is 2.06. The van der Waals surface area contributed by atoms with E-state index in [1.165, 1.54) is 5.56 Å². The van der Waals surface area contributed by atoms with Crippen molar-refractivity contribution >= 4 is 5.96 Å². The zero-order chi connectivity index (χ0) is 18.3. The second kappa shape index (κ2) is 8.60. The first-order chi connectivity index (χ1) is 11.9. The SMILES string of the molecule is CN=C(NCCc1ccco1)NCc1ccc(C)cc1OC(C)(C)C. The van der Waals surface area contributed by atoms with Gasteiger partial charge in [-0.1, -0.05) is 12.1 Å². The number of ether oxygens (including phenoxy) is 1. The van der Waals surface area contributed by atoms with Gasteiger partial charge in [-0.05, 0) is 51.5 Å². The fourth-order valence-corrected chi connectivity index (χ4v) is 2.39. The summed E-state index contributed by atoms with van der Waals surface area (Å²) < 4.78 is 11.4. The van der Waals surface area contributed by atoms with Gasteiger partial charge in [-0.15, -0.1) is 0 Å². The summed E-state index contributed by atoms with van der Waals surface area (Å²) >= 11 is 0. The molecule has 0 spiro atoms. The molecule has 1 heterocycles. The summed E-state index contributed by atoms with van der Waals surface area (Å²) in [5.74, 6) is 2.63. The van der Waals surface area contributed by atoms with Crippen molar-refractivity contribution in [2.75, 3.05) is 13.6 Å². The predicted octanol–water partition coefficient (Wildman–Crippen LogP) is 3.67. The molecule has 25 heavy (non-hydrogen) atoms. The molecule has 0 fully saturated rings. The number of benzene rings is 1. The van der Waals surface area contributed by atoms with Crippen LogP contribution in [-0.4, -0.2) is 25.2 Å². The summed E-state index contributed by atoms with van der Waals surface area (Å²) in [7, 11) is 1.77. The van der Waals surface area contributed by atoms with Crippen molar-refractivity contribution in [3.8, 4) is 5.75 Å². The molecule has 0 aliphatic rings. The molecule has 5 nitrogen and oxygen atoms in total. The molecule has 2 aromatic rings. The van der Waals surface area contributed by atoms with E-state index in [4.69, 9.17) is 9.15 Å². The number of hydrogen-bond donors (Lipinski definition) is 2. The Morgan fingerprint density at radius 3 is 2.64 bits per heavy atom. The molecule has 2 rings (SSSR count). The summed E-state index contributed by atoms with van der Waals surface area (Å²) in [4.78, 5) is 4.27. The molecule has 136 valence electrons. The van der Waals surface area contributed by atoms with Crippen LogP contribution in [0.3, 0.4) is 0 Å². The summed E-state index contributed by atoms with van der Waals surface area (Å²) in [5, 5.41) is 6.63. The second-order valence-electron chi connectivity index (χ2n) is 7.01. The van der Waals surface area contributed by atoms with Crippen molar-refractivity contribution < 1.29 is 9.15 Å². The highest BCUT2D eigenvalue weighted by atomic mass is 16.5. The first-order valence-electron chi connectivity index (χ1n) is 8.63. The summed E-state index contributed by atoms with van der Waals surface area (Å²) in [6, 6.07) is 10.1. The van der Waals surface area contributed by atoms with Gasteiger partial charge >= 0.3 is 0 Å². The van der Waals surface area contributed by atoms with Crippen LogP contribution in [0.15, 0.2) is 46.0 Å². The third kappa shape index (κ3) is 6.53. The molecule has 0 aliphatic carbocycles. The van der Waals surface area contributed by atoms with Gasteiger partial charge in [0, 0.05) is 32.1 Å². The molecule has 1 aromatic carbocycles. The van der Waals surface area contributed by atoms with Gasteiger partial charge in [0.15, 0.2) is 5.96 Å². The minimum absolute atomic E-state index is 0.231. The zero-order valence-electron chi connectivity index (χ0n) is 15.8. The van der Waals surface area contributed by atoms with E-state index in [0.717, 1.165) is 36.0 Å². The van der Waals surface area contributed by atoms with Gasteiger partial charge in [-0.2, -0.15) is 0 Å². The molecule has 0 aliphatic heterocycles. The van der Waals surface area contributed by atoms with Crippen molar-refractivity contribution in [2.45, 2.75) is 46.3 Å². The molecule has 0 saturated heterocycles. The lowest BCUT2D eigenvalue weighted by molar-refractivity contribution is 0.129. The number of hydrogen-bond acceptors (Lipinski definition) is 3. The minimum Gasteiger partial charge on any atom is -0.488 e. The lowest BCUT2D eigenvalue weighted by atomic mass is 10.1. The Hall–Kier alpha value is -2.43. The third-order valence-electron chi connectivity index (χ3n) is 3.55. The normalized spacial score (nSPS) is 12.1. The van der Waals surface area contributed by atoms with Crippen molar-refractivity contribution in [3.63, 3.8) is 0 Å². The van der Waals surface area contributed by atoms with E-state index in [0.29, 0.717) is 6.54 Å². The highest BCUT2D eigenvalue weighted by Crippen LogP contribution is 2.24. The van der Waals surface area contributed by atoms with Crippen molar-refractivity contribution in [1.82, 2.24) is 10.6 Å². The van der Waals surface area contributed by atoms with Gasteiger partial charge in [0.25, 0.3) is 0 Å². The van der Waals surface area contributed by atoms with E-state index in [9.17, 15) is 0 Å². The monoisotopic (exact) mass is 343 g/mol. The Morgan fingerprint density at radius 1 is 1.20 bits per heavy atom. The minimum atomic E-state index is -0.231. The van der Waals surface area contributed by atoms with Crippen LogP contribution in [-0.2, 0) is 13.0 Å². The Bertz CT molecular complexity index is 685. The van der Waals surface area contributed by atoms with E-state index >= 15 is 0 Å². The first-order valence-corrected chi connectivity index (χ1v) is 8.63. The predicted molar refractivity (Wildman–Crippen MR) is 102 cm³/mol. The van der Waals surface area contributed by atoms with E-state index in [1.807, 2.05) is 12.1 Å². The molecule has 2 N–H and O–H groups in total. The van der Waals surface area contributed by atoms with Crippen LogP contribution in [0.4, 0.5) is 0 Å². The fourth-order valence-electron chi connectivity index (χ4n) is 2.39. The number of furan rings is 1.